The van der Waals surface area contributed by atoms with Crippen molar-refractivity contribution in [2.45, 2.75) is 40.0 Å². The van der Waals surface area contributed by atoms with Crippen molar-refractivity contribution in [2.75, 3.05) is 7.11 Å². The zero-order valence-electron chi connectivity index (χ0n) is 9.26. The molecule has 0 aliphatic rings. The molecule has 0 saturated carbocycles. The maximum Gasteiger partial charge on any atom is 0.0901 e. The first-order chi connectivity index (χ1) is 6.63. The van der Waals surface area contributed by atoms with Crippen LogP contribution in [0.2, 0.25) is 0 Å². The molecule has 4 heteroatoms. The molecule has 0 aromatic carbocycles. The number of rotatable bonds is 5. The van der Waals surface area contributed by atoms with Crippen molar-refractivity contribution >= 4 is 11.3 Å². The fraction of sp³-hybridized carbons (Fsp3) is 0.700. The first-order valence-corrected chi connectivity index (χ1v) is 5.62. The van der Waals surface area contributed by atoms with Gasteiger partial charge in [-0.1, -0.05) is 13.8 Å². The molecule has 1 N–H and O–H groups in total. The summed E-state index contributed by atoms with van der Waals surface area (Å²) in [6.45, 7) is 7.82. The fourth-order valence-corrected chi connectivity index (χ4v) is 2.09. The van der Waals surface area contributed by atoms with E-state index in [-0.39, 0.29) is 0 Å². The van der Waals surface area contributed by atoms with Gasteiger partial charge in [-0.2, -0.15) is 0 Å². The monoisotopic (exact) mass is 214 g/mol. The van der Waals surface area contributed by atoms with Crippen LogP contribution in [0.3, 0.4) is 0 Å². The highest BCUT2D eigenvalue weighted by molar-refractivity contribution is 7.11. The molecule has 3 nitrogen and oxygen atoms in total. The van der Waals surface area contributed by atoms with E-state index < -0.39 is 0 Å². The van der Waals surface area contributed by atoms with E-state index in [4.69, 9.17) is 4.74 Å². The van der Waals surface area contributed by atoms with E-state index in [1.807, 2.05) is 6.92 Å². The second-order valence-electron chi connectivity index (χ2n) is 3.57. The number of methoxy groups -OCH3 is 1. The largest absolute Gasteiger partial charge is 0.378 e. The minimum atomic E-state index is 0.507. The predicted molar refractivity (Wildman–Crippen MR) is 59.5 cm³/mol. The van der Waals surface area contributed by atoms with Gasteiger partial charge in [0.2, 0.25) is 0 Å². The van der Waals surface area contributed by atoms with Crippen LogP contribution < -0.4 is 5.32 Å². The molecule has 0 unspecified atom stereocenters. The van der Waals surface area contributed by atoms with Gasteiger partial charge in [-0.15, -0.1) is 11.3 Å². The van der Waals surface area contributed by atoms with E-state index in [0.29, 0.717) is 12.6 Å². The summed E-state index contributed by atoms with van der Waals surface area (Å²) in [4.78, 5) is 5.72. The molecule has 0 fully saturated rings. The Bertz CT molecular complexity index is 284. The van der Waals surface area contributed by atoms with Crippen LogP contribution >= 0.6 is 11.3 Å². The molecule has 0 aliphatic carbocycles. The van der Waals surface area contributed by atoms with Crippen molar-refractivity contribution < 1.29 is 4.74 Å². The third-order valence-corrected chi connectivity index (χ3v) is 2.85. The van der Waals surface area contributed by atoms with Crippen molar-refractivity contribution in [2.24, 2.45) is 0 Å². The van der Waals surface area contributed by atoms with Gasteiger partial charge in [0.1, 0.15) is 0 Å². The number of hydrogen-bond acceptors (Lipinski definition) is 4. The molecule has 0 spiro atoms. The van der Waals surface area contributed by atoms with Crippen LogP contribution in [0.5, 0.6) is 0 Å². The number of nitrogens with one attached hydrogen (secondary N) is 1. The van der Waals surface area contributed by atoms with E-state index in [1.165, 1.54) is 4.88 Å². The van der Waals surface area contributed by atoms with Crippen molar-refractivity contribution in [1.29, 1.82) is 0 Å². The van der Waals surface area contributed by atoms with Crippen LogP contribution in [0.4, 0.5) is 0 Å². The third kappa shape index (κ3) is 3.36. The van der Waals surface area contributed by atoms with Crippen LogP contribution in [-0.4, -0.2) is 18.1 Å². The molecule has 0 saturated heterocycles. The fourth-order valence-electron chi connectivity index (χ4n) is 1.20. The van der Waals surface area contributed by atoms with Crippen LogP contribution in [0, 0.1) is 6.92 Å². The number of thiazole rings is 1. The van der Waals surface area contributed by atoms with Crippen molar-refractivity contribution in [3.05, 3.63) is 15.6 Å². The van der Waals surface area contributed by atoms with E-state index in [9.17, 15) is 0 Å². The van der Waals surface area contributed by atoms with Crippen molar-refractivity contribution in [1.82, 2.24) is 10.3 Å². The quantitative estimate of drug-likeness (QED) is 0.815. The lowest BCUT2D eigenvalue weighted by molar-refractivity contribution is 0.181. The predicted octanol–water partition coefficient (Wildman–Crippen LogP) is 2.10. The van der Waals surface area contributed by atoms with Crippen LogP contribution in [-0.2, 0) is 17.9 Å². The van der Waals surface area contributed by atoms with Gasteiger partial charge in [-0.05, 0) is 6.92 Å². The number of ether oxygens (including phenoxy) is 1. The molecule has 0 bridgehead atoms. The van der Waals surface area contributed by atoms with Crippen LogP contribution in [0.15, 0.2) is 0 Å². The summed E-state index contributed by atoms with van der Waals surface area (Å²) in [5.74, 6) is 0. The second-order valence-corrected chi connectivity index (χ2v) is 4.86. The van der Waals surface area contributed by atoms with Gasteiger partial charge in [0, 0.05) is 24.6 Å². The molecular weight excluding hydrogens is 196 g/mol. The Balaban J connectivity index is 2.63. The van der Waals surface area contributed by atoms with Gasteiger partial charge >= 0.3 is 0 Å². The smallest absolute Gasteiger partial charge is 0.0901 e. The average molecular weight is 214 g/mol. The second kappa shape index (κ2) is 5.44. The maximum absolute atomic E-state index is 5.11. The Hall–Kier alpha value is -0.450. The number of aryl methyl sites for hydroxylation is 1. The minimum absolute atomic E-state index is 0.507. The van der Waals surface area contributed by atoms with Crippen LogP contribution in [0.25, 0.3) is 0 Å². The molecular formula is C10H18N2OS. The summed E-state index contributed by atoms with van der Waals surface area (Å²) >= 11 is 1.74. The number of aromatic nitrogens is 1. The summed E-state index contributed by atoms with van der Waals surface area (Å²) in [6.07, 6.45) is 0. The zero-order chi connectivity index (χ0) is 10.6. The summed E-state index contributed by atoms with van der Waals surface area (Å²) in [7, 11) is 1.70. The standard InChI is InChI=1S/C10H18N2OS/c1-7(2)11-5-10-9(6-13-4)12-8(3)14-10/h7,11H,5-6H2,1-4H3. The number of hydrogen-bond donors (Lipinski definition) is 1. The molecule has 1 rings (SSSR count). The Kier molecular flexibility index (Phi) is 4.51. The molecule has 0 amide bonds. The van der Waals surface area contributed by atoms with Crippen molar-refractivity contribution in [3.8, 4) is 0 Å². The van der Waals surface area contributed by atoms with Gasteiger partial charge in [0.15, 0.2) is 0 Å². The molecule has 80 valence electrons. The molecule has 1 aromatic heterocycles. The Morgan fingerprint density at radius 1 is 1.50 bits per heavy atom. The highest BCUT2D eigenvalue weighted by atomic mass is 32.1. The molecule has 1 heterocycles. The lowest BCUT2D eigenvalue weighted by Gasteiger charge is -2.07. The Morgan fingerprint density at radius 3 is 2.79 bits per heavy atom. The Morgan fingerprint density at radius 2 is 2.21 bits per heavy atom. The SMILES string of the molecule is COCc1nc(C)sc1CNC(C)C. The maximum atomic E-state index is 5.11. The first kappa shape index (κ1) is 11.6. The van der Waals surface area contributed by atoms with Gasteiger partial charge in [0.05, 0.1) is 17.3 Å². The van der Waals surface area contributed by atoms with E-state index in [2.05, 4.69) is 24.1 Å². The molecule has 14 heavy (non-hydrogen) atoms. The average Bonchev–Trinajstić information content (AvgIpc) is 2.44. The highest BCUT2D eigenvalue weighted by Crippen LogP contribution is 2.18. The topological polar surface area (TPSA) is 34.1 Å². The molecule has 0 aliphatic heterocycles. The Labute approximate surface area is 89.5 Å². The first-order valence-electron chi connectivity index (χ1n) is 4.81. The van der Waals surface area contributed by atoms with E-state index >= 15 is 0 Å². The summed E-state index contributed by atoms with van der Waals surface area (Å²) < 4.78 is 5.11. The van der Waals surface area contributed by atoms with Crippen LogP contribution in [0.1, 0.15) is 29.4 Å². The highest BCUT2D eigenvalue weighted by Gasteiger charge is 2.08. The van der Waals surface area contributed by atoms with Crippen molar-refractivity contribution in [3.63, 3.8) is 0 Å². The summed E-state index contributed by atoms with van der Waals surface area (Å²) in [5, 5.41) is 4.50. The lowest BCUT2D eigenvalue weighted by Crippen LogP contribution is -2.21. The third-order valence-electron chi connectivity index (χ3n) is 1.84. The van der Waals surface area contributed by atoms with Gasteiger partial charge in [0.25, 0.3) is 0 Å². The van der Waals surface area contributed by atoms with Gasteiger partial charge < -0.3 is 10.1 Å². The molecule has 1 aromatic rings. The van der Waals surface area contributed by atoms with E-state index in [1.54, 1.807) is 18.4 Å². The summed E-state index contributed by atoms with van der Waals surface area (Å²) in [5.41, 5.74) is 1.07. The number of nitrogens with zero attached hydrogens (tertiary/aromatic N) is 1. The van der Waals surface area contributed by atoms with E-state index in [0.717, 1.165) is 17.2 Å². The zero-order valence-corrected chi connectivity index (χ0v) is 10.1. The van der Waals surface area contributed by atoms with Gasteiger partial charge in [-0.3, -0.25) is 0 Å². The lowest BCUT2D eigenvalue weighted by atomic mass is 10.3. The summed E-state index contributed by atoms with van der Waals surface area (Å²) in [6, 6.07) is 0.507. The minimum Gasteiger partial charge on any atom is -0.378 e. The molecule has 0 radical (unpaired) electrons. The normalized spacial score (nSPS) is 11.2. The molecule has 0 atom stereocenters. The van der Waals surface area contributed by atoms with Gasteiger partial charge in [-0.25, -0.2) is 4.98 Å².